The van der Waals surface area contributed by atoms with Crippen molar-refractivity contribution in [2.24, 2.45) is 5.92 Å². The fraction of sp³-hybridized carbons (Fsp3) is 0.409. The summed E-state index contributed by atoms with van der Waals surface area (Å²) in [4.78, 5) is 17.1. The maximum absolute atomic E-state index is 13.2. The highest BCUT2D eigenvalue weighted by Crippen LogP contribution is 2.40. The maximum Gasteiger partial charge on any atom is 0.416 e. The Balaban J connectivity index is 1.69. The van der Waals surface area contributed by atoms with Gasteiger partial charge in [0.2, 0.25) is 5.91 Å². The van der Waals surface area contributed by atoms with E-state index in [-0.39, 0.29) is 18.4 Å². The number of carbonyl (C=O) groups is 1. The van der Waals surface area contributed by atoms with Crippen molar-refractivity contribution in [1.82, 2.24) is 5.32 Å². The van der Waals surface area contributed by atoms with Crippen LogP contribution < -0.4 is 15.1 Å². The molecule has 0 aliphatic carbocycles. The summed E-state index contributed by atoms with van der Waals surface area (Å²) in [6, 6.07) is 11.3. The first-order valence-corrected chi connectivity index (χ1v) is 10.4. The number of fused-ring (bicyclic) bond motifs is 3. The molecular weight excluding hydrogens is 415 g/mol. The average molecular weight is 438 g/mol. The highest BCUT2D eigenvalue weighted by molar-refractivity contribution is 6.30. The number of nitrogens with one attached hydrogen (secondary N) is 1. The van der Waals surface area contributed by atoms with Crippen LogP contribution in [0.1, 0.15) is 18.1 Å². The largest absolute Gasteiger partial charge is 0.416 e. The molecule has 160 valence electrons. The van der Waals surface area contributed by atoms with E-state index in [0.29, 0.717) is 36.8 Å². The fourth-order valence-electron chi connectivity index (χ4n) is 4.51. The van der Waals surface area contributed by atoms with Gasteiger partial charge in [-0.2, -0.15) is 13.2 Å². The lowest BCUT2D eigenvalue weighted by molar-refractivity contribution is -0.137. The van der Waals surface area contributed by atoms with Gasteiger partial charge < -0.3 is 15.1 Å². The third-order valence-corrected chi connectivity index (χ3v) is 6.14. The van der Waals surface area contributed by atoms with Crippen LogP contribution in [0.25, 0.3) is 0 Å². The topological polar surface area (TPSA) is 35.6 Å². The van der Waals surface area contributed by atoms with Gasteiger partial charge in [0.1, 0.15) is 0 Å². The van der Waals surface area contributed by atoms with E-state index in [1.807, 2.05) is 31.2 Å². The third-order valence-electron chi connectivity index (χ3n) is 5.90. The molecule has 2 atom stereocenters. The smallest absolute Gasteiger partial charge is 0.368 e. The first-order chi connectivity index (χ1) is 14.3. The Morgan fingerprint density at radius 3 is 2.70 bits per heavy atom. The first kappa shape index (κ1) is 20.8. The van der Waals surface area contributed by atoms with Crippen molar-refractivity contribution in [3.8, 4) is 0 Å². The van der Waals surface area contributed by atoms with Crippen LogP contribution in [0.3, 0.4) is 0 Å². The number of rotatable bonds is 3. The predicted molar refractivity (Wildman–Crippen MR) is 112 cm³/mol. The SMILES string of the molecule is CCNC(=O)[C@H]1Cc2cc(C(F)(F)F)ccc2N2CCN(c3cccc(Cl)c3)C[C@@H]12. The Morgan fingerprint density at radius 1 is 1.20 bits per heavy atom. The van der Waals surface area contributed by atoms with Crippen LogP contribution >= 0.6 is 11.6 Å². The number of benzene rings is 2. The number of carbonyl (C=O) groups excluding carboxylic acids is 1. The van der Waals surface area contributed by atoms with Crippen molar-refractivity contribution in [1.29, 1.82) is 0 Å². The van der Waals surface area contributed by atoms with Gasteiger partial charge in [-0.25, -0.2) is 0 Å². The maximum atomic E-state index is 13.2. The third kappa shape index (κ3) is 3.95. The van der Waals surface area contributed by atoms with Crippen LogP contribution in [0.5, 0.6) is 0 Å². The summed E-state index contributed by atoms with van der Waals surface area (Å²) < 4.78 is 39.7. The number of hydrogen-bond donors (Lipinski definition) is 1. The molecule has 4 rings (SSSR count). The number of piperazine rings is 1. The van der Waals surface area contributed by atoms with E-state index in [1.165, 1.54) is 6.07 Å². The molecule has 30 heavy (non-hydrogen) atoms. The molecule has 2 aliphatic rings. The first-order valence-electron chi connectivity index (χ1n) is 10.0. The summed E-state index contributed by atoms with van der Waals surface area (Å²) in [5.74, 6) is -0.550. The number of amides is 1. The van der Waals surface area contributed by atoms with Crippen molar-refractivity contribution >= 4 is 28.9 Å². The molecule has 0 bridgehead atoms. The van der Waals surface area contributed by atoms with Gasteiger partial charge in [-0.05, 0) is 55.3 Å². The highest BCUT2D eigenvalue weighted by atomic mass is 35.5. The van der Waals surface area contributed by atoms with Crippen molar-refractivity contribution in [2.75, 3.05) is 36.0 Å². The Bertz CT molecular complexity index is 949. The molecule has 0 spiro atoms. The van der Waals surface area contributed by atoms with Crippen molar-refractivity contribution in [3.05, 3.63) is 58.6 Å². The van der Waals surface area contributed by atoms with Gasteiger partial charge in [0.05, 0.1) is 17.5 Å². The second kappa shape index (κ2) is 8.02. The zero-order valence-corrected chi connectivity index (χ0v) is 17.3. The lowest BCUT2D eigenvalue weighted by Gasteiger charge is -2.49. The molecule has 8 heteroatoms. The van der Waals surface area contributed by atoms with E-state index in [2.05, 4.69) is 15.1 Å². The quantitative estimate of drug-likeness (QED) is 0.774. The Labute approximate surface area is 178 Å². The fourth-order valence-corrected chi connectivity index (χ4v) is 4.70. The van der Waals surface area contributed by atoms with Crippen LogP contribution in [-0.4, -0.2) is 38.1 Å². The normalized spacial score (nSPS) is 21.1. The minimum absolute atomic E-state index is 0.122. The Morgan fingerprint density at radius 2 is 2.00 bits per heavy atom. The van der Waals surface area contributed by atoms with Crippen LogP contribution in [-0.2, 0) is 17.4 Å². The van der Waals surface area contributed by atoms with E-state index in [0.717, 1.165) is 17.4 Å². The van der Waals surface area contributed by atoms with Gasteiger partial charge in [-0.1, -0.05) is 17.7 Å². The molecule has 2 aromatic rings. The van der Waals surface area contributed by atoms with Crippen LogP contribution in [0.15, 0.2) is 42.5 Å². The number of alkyl halides is 3. The zero-order valence-electron chi connectivity index (χ0n) is 16.5. The molecule has 2 heterocycles. The summed E-state index contributed by atoms with van der Waals surface area (Å²) in [6.07, 6.45) is -4.12. The lowest BCUT2D eigenvalue weighted by Crippen LogP contribution is -2.61. The van der Waals surface area contributed by atoms with E-state index < -0.39 is 17.7 Å². The predicted octanol–water partition coefficient (Wildman–Crippen LogP) is 4.36. The highest BCUT2D eigenvalue weighted by Gasteiger charge is 2.42. The van der Waals surface area contributed by atoms with Crippen LogP contribution in [0, 0.1) is 5.92 Å². The number of anilines is 2. The van der Waals surface area contributed by atoms with E-state index in [1.54, 1.807) is 6.07 Å². The van der Waals surface area contributed by atoms with Gasteiger partial charge in [0, 0.05) is 42.6 Å². The Kier molecular flexibility index (Phi) is 5.57. The van der Waals surface area contributed by atoms with Crippen LogP contribution in [0.4, 0.5) is 24.5 Å². The van der Waals surface area contributed by atoms with E-state index in [9.17, 15) is 18.0 Å². The van der Waals surface area contributed by atoms with Crippen LogP contribution in [0.2, 0.25) is 5.02 Å². The Hall–Kier alpha value is -2.41. The molecule has 0 radical (unpaired) electrons. The van der Waals surface area contributed by atoms with E-state index >= 15 is 0 Å². The summed E-state index contributed by atoms with van der Waals surface area (Å²) in [6.45, 7) is 4.23. The number of nitrogens with zero attached hydrogens (tertiary/aromatic N) is 2. The second-order valence-electron chi connectivity index (χ2n) is 7.73. The van der Waals surface area contributed by atoms with Gasteiger partial charge in [0.15, 0.2) is 0 Å². The minimum atomic E-state index is -4.40. The average Bonchev–Trinajstić information content (AvgIpc) is 2.71. The second-order valence-corrected chi connectivity index (χ2v) is 8.17. The van der Waals surface area contributed by atoms with Gasteiger partial charge in [0.25, 0.3) is 0 Å². The molecule has 1 saturated heterocycles. The summed E-state index contributed by atoms with van der Waals surface area (Å²) >= 11 is 6.15. The van der Waals surface area contributed by atoms with E-state index in [4.69, 9.17) is 11.6 Å². The van der Waals surface area contributed by atoms with Crippen molar-refractivity contribution in [2.45, 2.75) is 25.6 Å². The molecule has 1 N–H and O–H groups in total. The standard InChI is InChI=1S/C22H23ClF3N3O/c1-2-27-21(30)18-11-14-10-15(22(24,25)26)6-7-19(14)29-9-8-28(13-20(18)29)17-5-3-4-16(23)12-17/h3-7,10,12,18,20H,2,8-9,11,13H2,1H3,(H,27,30)/t18-,20-/m0/s1. The number of hydrogen-bond acceptors (Lipinski definition) is 3. The van der Waals surface area contributed by atoms with Crippen molar-refractivity contribution < 1.29 is 18.0 Å². The minimum Gasteiger partial charge on any atom is -0.368 e. The molecular formula is C22H23ClF3N3O. The molecule has 2 aliphatic heterocycles. The molecule has 2 aromatic carbocycles. The molecule has 0 unspecified atom stereocenters. The summed E-state index contributed by atoms with van der Waals surface area (Å²) in [7, 11) is 0. The molecule has 4 nitrogen and oxygen atoms in total. The lowest BCUT2D eigenvalue weighted by atomic mass is 9.82. The molecule has 0 saturated carbocycles. The monoisotopic (exact) mass is 437 g/mol. The zero-order chi connectivity index (χ0) is 21.5. The molecule has 0 aromatic heterocycles. The summed E-state index contributed by atoms with van der Waals surface area (Å²) in [5.41, 5.74) is 1.68. The molecule has 1 fully saturated rings. The summed E-state index contributed by atoms with van der Waals surface area (Å²) in [5, 5.41) is 3.50. The van der Waals surface area contributed by atoms with Gasteiger partial charge in [-0.3, -0.25) is 4.79 Å². The molecule has 1 amide bonds. The van der Waals surface area contributed by atoms with Gasteiger partial charge >= 0.3 is 6.18 Å². The number of halogens is 4. The van der Waals surface area contributed by atoms with Gasteiger partial charge in [-0.15, -0.1) is 0 Å². The van der Waals surface area contributed by atoms with Crippen molar-refractivity contribution in [3.63, 3.8) is 0 Å².